The highest BCUT2D eigenvalue weighted by atomic mass is 16.1. The lowest BCUT2D eigenvalue weighted by Crippen LogP contribution is -2.28. The van der Waals surface area contributed by atoms with Gasteiger partial charge in [0.2, 0.25) is 5.91 Å². The van der Waals surface area contributed by atoms with Crippen LogP contribution in [-0.4, -0.2) is 16.1 Å². The molecule has 0 spiro atoms. The van der Waals surface area contributed by atoms with E-state index < -0.39 is 0 Å². The molecule has 13 heavy (non-hydrogen) atoms. The Balaban J connectivity index is 1.97. The third kappa shape index (κ3) is 1.56. The fourth-order valence-corrected chi connectivity index (χ4v) is 1.38. The summed E-state index contributed by atoms with van der Waals surface area (Å²) in [6.07, 6.45) is 4.89. The van der Waals surface area contributed by atoms with Crippen LogP contribution in [0.2, 0.25) is 0 Å². The summed E-state index contributed by atoms with van der Waals surface area (Å²) < 4.78 is 0. The molecule has 4 heteroatoms. The van der Waals surface area contributed by atoms with Crippen LogP contribution in [0.15, 0.2) is 6.20 Å². The molecule has 1 amide bonds. The van der Waals surface area contributed by atoms with Crippen LogP contribution in [0.25, 0.3) is 0 Å². The summed E-state index contributed by atoms with van der Waals surface area (Å²) in [6, 6.07) is 0. The first-order chi connectivity index (χ1) is 6.27. The molecule has 1 saturated carbocycles. The monoisotopic (exact) mass is 179 g/mol. The molecule has 0 aliphatic heterocycles. The van der Waals surface area contributed by atoms with Crippen molar-refractivity contribution in [2.45, 2.75) is 26.2 Å². The van der Waals surface area contributed by atoms with Gasteiger partial charge in [0, 0.05) is 5.92 Å². The van der Waals surface area contributed by atoms with Crippen LogP contribution in [0.4, 0.5) is 5.69 Å². The summed E-state index contributed by atoms with van der Waals surface area (Å²) in [5.74, 6) is 0.366. The molecule has 1 heterocycles. The topological polar surface area (TPSA) is 57.8 Å². The van der Waals surface area contributed by atoms with Gasteiger partial charge in [-0.2, -0.15) is 5.10 Å². The molecule has 0 aromatic carbocycles. The molecule has 0 atom stereocenters. The number of carbonyl (C=O) groups excluding carboxylic acids is 1. The molecular formula is C9H13N3O. The van der Waals surface area contributed by atoms with Crippen LogP contribution < -0.4 is 5.32 Å². The lowest BCUT2D eigenvalue weighted by atomic mass is 9.85. The van der Waals surface area contributed by atoms with E-state index in [0.29, 0.717) is 0 Å². The Kier molecular flexibility index (Phi) is 2.04. The van der Waals surface area contributed by atoms with Crippen LogP contribution in [0.3, 0.4) is 0 Å². The first-order valence-electron chi connectivity index (χ1n) is 4.58. The summed E-state index contributed by atoms with van der Waals surface area (Å²) in [6.45, 7) is 1.89. The Hall–Kier alpha value is -1.32. The minimum absolute atomic E-state index is 0.135. The third-order valence-electron chi connectivity index (χ3n) is 2.56. The van der Waals surface area contributed by atoms with Gasteiger partial charge in [-0.3, -0.25) is 9.89 Å². The highest BCUT2D eigenvalue weighted by Gasteiger charge is 2.25. The molecule has 1 aliphatic carbocycles. The highest BCUT2D eigenvalue weighted by Crippen LogP contribution is 2.27. The molecular weight excluding hydrogens is 166 g/mol. The lowest BCUT2D eigenvalue weighted by molar-refractivity contribution is -0.122. The van der Waals surface area contributed by atoms with Crippen LogP contribution in [0.1, 0.15) is 25.0 Å². The van der Waals surface area contributed by atoms with E-state index >= 15 is 0 Å². The lowest BCUT2D eigenvalue weighted by Gasteiger charge is -2.23. The number of hydrogen-bond donors (Lipinski definition) is 2. The van der Waals surface area contributed by atoms with E-state index in [2.05, 4.69) is 15.5 Å². The first-order valence-corrected chi connectivity index (χ1v) is 4.58. The number of nitrogens with one attached hydrogen (secondary N) is 2. The number of aromatic nitrogens is 2. The van der Waals surface area contributed by atoms with Gasteiger partial charge in [-0.15, -0.1) is 0 Å². The SMILES string of the molecule is Cc1[nH]ncc1NC(=O)C1CCC1. The summed E-state index contributed by atoms with van der Waals surface area (Å²) in [5, 5.41) is 9.48. The molecule has 1 fully saturated rings. The Morgan fingerprint density at radius 2 is 2.46 bits per heavy atom. The van der Waals surface area contributed by atoms with Gasteiger partial charge in [0.05, 0.1) is 17.6 Å². The zero-order valence-electron chi connectivity index (χ0n) is 7.63. The van der Waals surface area contributed by atoms with Crippen LogP contribution in [0.5, 0.6) is 0 Å². The predicted molar refractivity (Wildman–Crippen MR) is 49.3 cm³/mol. The van der Waals surface area contributed by atoms with Crippen LogP contribution >= 0.6 is 0 Å². The van der Waals surface area contributed by atoms with E-state index in [9.17, 15) is 4.79 Å². The molecule has 0 radical (unpaired) electrons. The summed E-state index contributed by atoms with van der Waals surface area (Å²) in [7, 11) is 0. The second-order valence-corrected chi connectivity index (χ2v) is 3.53. The van der Waals surface area contributed by atoms with E-state index in [1.165, 1.54) is 6.42 Å². The Labute approximate surface area is 76.7 Å². The van der Waals surface area contributed by atoms with Crippen molar-refractivity contribution in [3.8, 4) is 0 Å². The van der Waals surface area contributed by atoms with Gasteiger partial charge in [-0.05, 0) is 19.8 Å². The van der Waals surface area contributed by atoms with Crippen molar-refractivity contribution >= 4 is 11.6 Å². The van der Waals surface area contributed by atoms with Gasteiger partial charge >= 0.3 is 0 Å². The maximum absolute atomic E-state index is 11.5. The van der Waals surface area contributed by atoms with Crippen molar-refractivity contribution < 1.29 is 4.79 Å². The molecule has 2 N–H and O–H groups in total. The number of carbonyl (C=O) groups is 1. The van der Waals surface area contributed by atoms with E-state index in [1.54, 1.807) is 6.20 Å². The number of rotatable bonds is 2. The molecule has 2 rings (SSSR count). The summed E-state index contributed by atoms with van der Waals surface area (Å²) in [5.41, 5.74) is 1.71. The number of H-pyrrole nitrogens is 1. The number of anilines is 1. The maximum atomic E-state index is 11.5. The minimum atomic E-state index is 0.135. The van der Waals surface area contributed by atoms with Crippen LogP contribution in [0, 0.1) is 12.8 Å². The molecule has 0 saturated heterocycles. The smallest absolute Gasteiger partial charge is 0.227 e. The van der Waals surface area contributed by atoms with Gasteiger partial charge in [0.1, 0.15) is 0 Å². The predicted octanol–water partition coefficient (Wildman–Crippen LogP) is 1.46. The molecule has 70 valence electrons. The molecule has 1 aromatic rings. The average molecular weight is 179 g/mol. The molecule has 0 bridgehead atoms. The molecule has 0 unspecified atom stereocenters. The van der Waals surface area contributed by atoms with Crippen molar-refractivity contribution in [1.29, 1.82) is 0 Å². The largest absolute Gasteiger partial charge is 0.323 e. The first kappa shape index (κ1) is 8.29. The Bertz CT molecular complexity index is 314. The molecule has 1 aromatic heterocycles. The van der Waals surface area contributed by atoms with Crippen molar-refractivity contribution in [3.05, 3.63) is 11.9 Å². The molecule has 4 nitrogen and oxygen atoms in total. The van der Waals surface area contributed by atoms with Crippen LogP contribution in [-0.2, 0) is 4.79 Å². The van der Waals surface area contributed by atoms with Crippen molar-refractivity contribution in [1.82, 2.24) is 10.2 Å². The zero-order chi connectivity index (χ0) is 9.26. The van der Waals surface area contributed by atoms with Crippen molar-refractivity contribution in [2.75, 3.05) is 5.32 Å². The van der Waals surface area contributed by atoms with E-state index in [-0.39, 0.29) is 11.8 Å². The van der Waals surface area contributed by atoms with E-state index in [1.807, 2.05) is 6.92 Å². The zero-order valence-corrected chi connectivity index (χ0v) is 7.63. The van der Waals surface area contributed by atoms with Gasteiger partial charge in [-0.1, -0.05) is 6.42 Å². The number of aromatic amines is 1. The van der Waals surface area contributed by atoms with Crippen molar-refractivity contribution in [2.24, 2.45) is 5.92 Å². The van der Waals surface area contributed by atoms with Crippen molar-refractivity contribution in [3.63, 3.8) is 0 Å². The standard InChI is InChI=1S/C9H13N3O/c1-6-8(5-10-12-6)11-9(13)7-3-2-4-7/h5,7H,2-4H2,1H3,(H,10,12)(H,11,13). The van der Waals surface area contributed by atoms with Gasteiger partial charge in [-0.25, -0.2) is 0 Å². The maximum Gasteiger partial charge on any atom is 0.227 e. The van der Waals surface area contributed by atoms with Gasteiger partial charge in [0.15, 0.2) is 0 Å². The van der Waals surface area contributed by atoms with Gasteiger partial charge in [0.25, 0.3) is 0 Å². The number of aryl methyl sites for hydroxylation is 1. The average Bonchev–Trinajstić information content (AvgIpc) is 2.32. The summed E-state index contributed by atoms with van der Waals surface area (Å²) >= 11 is 0. The van der Waals surface area contributed by atoms with Gasteiger partial charge < -0.3 is 5.32 Å². The summed E-state index contributed by atoms with van der Waals surface area (Å²) in [4.78, 5) is 11.5. The number of amides is 1. The van der Waals surface area contributed by atoms with E-state index in [0.717, 1.165) is 24.2 Å². The fraction of sp³-hybridized carbons (Fsp3) is 0.556. The Morgan fingerprint density at radius 3 is 2.92 bits per heavy atom. The van der Waals surface area contributed by atoms with E-state index in [4.69, 9.17) is 0 Å². The number of nitrogens with zero attached hydrogens (tertiary/aromatic N) is 1. The minimum Gasteiger partial charge on any atom is -0.323 e. The second-order valence-electron chi connectivity index (χ2n) is 3.53. The highest BCUT2D eigenvalue weighted by molar-refractivity contribution is 5.93. The molecule has 1 aliphatic rings. The normalized spacial score (nSPS) is 16.7. The third-order valence-corrected chi connectivity index (χ3v) is 2.56. The fourth-order valence-electron chi connectivity index (χ4n) is 1.38. The second kappa shape index (κ2) is 3.20. The Morgan fingerprint density at radius 1 is 1.69 bits per heavy atom. The number of hydrogen-bond acceptors (Lipinski definition) is 2. The quantitative estimate of drug-likeness (QED) is 0.722.